The molecule has 0 aliphatic heterocycles. The highest BCUT2D eigenvalue weighted by molar-refractivity contribution is 5.85. The van der Waals surface area contributed by atoms with Crippen molar-refractivity contribution in [2.24, 2.45) is 0 Å². The summed E-state index contributed by atoms with van der Waals surface area (Å²) in [5.74, 6) is 0. The van der Waals surface area contributed by atoms with Crippen LogP contribution in [0.15, 0.2) is 24.3 Å². The monoisotopic (exact) mass is 278 g/mol. The van der Waals surface area contributed by atoms with Crippen LogP contribution in [0, 0.1) is 0 Å². The summed E-state index contributed by atoms with van der Waals surface area (Å²) in [7, 11) is 0. The van der Waals surface area contributed by atoms with Gasteiger partial charge >= 0.3 is 6.18 Å². The number of halogens is 4. The molecule has 0 aromatic heterocycles. The van der Waals surface area contributed by atoms with Crippen LogP contribution >= 0.6 is 12.4 Å². The lowest BCUT2D eigenvalue weighted by atomic mass is 10.0. The lowest BCUT2D eigenvalue weighted by Crippen LogP contribution is -2.27. The molecular weight excluding hydrogens is 251 g/mol. The maximum atomic E-state index is 12.9. The minimum atomic E-state index is -4.88. The summed E-state index contributed by atoms with van der Waals surface area (Å²) in [6.45, 7) is -10.6. The normalized spacial score (nSPS) is 27.6. The third-order valence-electron chi connectivity index (χ3n) is 1.65. The molecule has 1 atom stereocenters. The molecule has 17 heavy (non-hydrogen) atoms. The number of hydrogen-bond acceptors (Lipinski definition) is 1. The molecule has 0 heterocycles. The second kappa shape index (κ2) is 6.87. The Kier molecular flexibility index (Phi) is 2.22. The summed E-state index contributed by atoms with van der Waals surface area (Å²) >= 11 is 0. The Bertz CT molecular complexity index is 687. The highest BCUT2D eigenvalue weighted by Crippen LogP contribution is 2.29. The van der Waals surface area contributed by atoms with Crippen molar-refractivity contribution >= 4 is 12.4 Å². The van der Waals surface area contributed by atoms with E-state index in [1.54, 1.807) is 0 Å². The summed E-state index contributed by atoms with van der Waals surface area (Å²) in [5, 5.41) is 1.37. The average Bonchev–Trinajstić information content (AvgIpc) is 2.43. The minimum absolute atomic E-state index is 0. The molecule has 1 rings (SSSR count). The van der Waals surface area contributed by atoms with E-state index in [1.165, 1.54) is 5.32 Å². The molecule has 1 unspecified atom stereocenters. The number of nitrogens with one attached hydrogen (secondary N) is 1. The van der Waals surface area contributed by atoms with Gasteiger partial charge in [0.1, 0.15) is 0 Å². The molecule has 1 N–H and O–H groups in total. The zero-order valence-electron chi connectivity index (χ0n) is 19.4. The first-order valence-corrected chi connectivity index (χ1v) is 4.14. The van der Waals surface area contributed by atoms with E-state index in [4.69, 9.17) is 15.1 Å². The quantitative estimate of drug-likeness (QED) is 0.886. The van der Waals surface area contributed by atoms with Gasteiger partial charge in [0, 0.05) is 21.1 Å². The van der Waals surface area contributed by atoms with Gasteiger partial charge in [0.15, 0.2) is 0 Å². The van der Waals surface area contributed by atoms with Crippen molar-refractivity contribution in [3.8, 4) is 0 Å². The van der Waals surface area contributed by atoms with Gasteiger partial charge in [-0.05, 0) is 31.4 Å². The zero-order chi connectivity index (χ0) is 21.7. The Labute approximate surface area is 121 Å². The van der Waals surface area contributed by atoms with Gasteiger partial charge in [0.2, 0.25) is 0 Å². The van der Waals surface area contributed by atoms with Gasteiger partial charge in [-0.2, -0.15) is 13.2 Å². The van der Waals surface area contributed by atoms with E-state index in [-0.39, 0.29) is 12.4 Å². The molecular formula is C12H17ClF3N. The Balaban J connectivity index is 0.00000729. The van der Waals surface area contributed by atoms with Crippen LogP contribution in [0.25, 0.3) is 0 Å². The van der Waals surface area contributed by atoms with Crippen LogP contribution in [0.4, 0.5) is 13.2 Å². The van der Waals surface area contributed by atoms with Gasteiger partial charge < -0.3 is 5.32 Å². The van der Waals surface area contributed by atoms with E-state index in [0.29, 0.717) is 12.1 Å². The molecule has 5 heteroatoms. The predicted octanol–water partition coefficient (Wildman–Crippen LogP) is 3.67. The van der Waals surface area contributed by atoms with E-state index in [9.17, 15) is 13.2 Å². The third kappa shape index (κ3) is 5.41. The lowest BCUT2D eigenvalue weighted by molar-refractivity contribution is -0.137. The fourth-order valence-corrected chi connectivity index (χ4v) is 1.01. The molecule has 0 saturated carbocycles. The zero-order valence-corrected chi connectivity index (χ0v) is 9.17. The number of likely N-dealkylation sites (N-methyl/N-ethyl adjacent to an activating group) is 1. The van der Waals surface area contributed by atoms with E-state index >= 15 is 0 Å². The smallest absolute Gasteiger partial charge is 0.314 e. The first kappa shape index (κ1) is 5.49. The van der Waals surface area contributed by atoms with Crippen LogP contribution in [0.1, 0.15) is 39.9 Å². The SMILES string of the molecule is Cl.[2H]C([2H])([2H])C([2H])([2H])NC([2H])(C([2H])([2H])[2H])C([2H])([2H])c1cccc(C(F)(F)F)c1. The summed E-state index contributed by atoms with van der Waals surface area (Å²) in [4.78, 5) is 0. The van der Waals surface area contributed by atoms with E-state index in [1.807, 2.05) is 0 Å². The topological polar surface area (TPSA) is 12.0 Å². The molecule has 0 bridgehead atoms. The van der Waals surface area contributed by atoms with Crippen molar-refractivity contribution in [3.63, 3.8) is 0 Å². The van der Waals surface area contributed by atoms with Crippen LogP contribution in [0.3, 0.4) is 0 Å². The van der Waals surface area contributed by atoms with Crippen LogP contribution < -0.4 is 5.32 Å². The second-order valence-electron chi connectivity index (χ2n) is 2.83. The maximum absolute atomic E-state index is 12.9. The van der Waals surface area contributed by atoms with E-state index in [0.717, 1.165) is 12.1 Å². The second-order valence-corrected chi connectivity index (χ2v) is 2.83. The number of benzene rings is 1. The third-order valence-corrected chi connectivity index (χ3v) is 1.65. The van der Waals surface area contributed by atoms with E-state index < -0.39 is 49.9 Å². The summed E-state index contributed by atoms with van der Waals surface area (Å²) < 4.78 is 121. The molecule has 0 fully saturated rings. The molecule has 0 amide bonds. The summed E-state index contributed by atoms with van der Waals surface area (Å²) in [6, 6.07) is -1.12. The van der Waals surface area contributed by atoms with Crippen molar-refractivity contribution in [1.29, 1.82) is 0 Å². The first-order valence-electron chi connectivity index (χ1n) is 9.64. The Morgan fingerprint density at radius 2 is 2.29 bits per heavy atom. The molecule has 0 spiro atoms. The van der Waals surface area contributed by atoms with Crippen molar-refractivity contribution in [2.45, 2.75) is 32.3 Å². The largest absolute Gasteiger partial charge is 0.416 e. The Morgan fingerprint density at radius 3 is 2.88 bits per heavy atom. The summed E-state index contributed by atoms with van der Waals surface area (Å²) in [5.41, 5.74) is -2.19. The van der Waals surface area contributed by atoms with Crippen molar-refractivity contribution in [2.75, 3.05) is 6.50 Å². The van der Waals surface area contributed by atoms with Gasteiger partial charge in [-0.3, -0.25) is 0 Å². The fraction of sp³-hybridized carbons (Fsp3) is 0.500. The van der Waals surface area contributed by atoms with E-state index in [2.05, 4.69) is 0 Å². The van der Waals surface area contributed by atoms with Gasteiger partial charge in [-0.15, -0.1) is 12.4 Å². The van der Waals surface area contributed by atoms with Crippen molar-refractivity contribution in [3.05, 3.63) is 35.4 Å². The molecule has 1 aromatic rings. The molecule has 0 radical (unpaired) electrons. The van der Waals surface area contributed by atoms with Gasteiger partial charge in [-0.1, -0.05) is 25.1 Å². The molecule has 0 saturated heterocycles. The van der Waals surface area contributed by atoms with Crippen LogP contribution in [-0.2, 0) is 12.5 Å². The van der Waals surface area contributed by atoms with Gasteiger partial charge in [0.05, 0.1) is 5.56 Å². The standard InChI is InChI=1S/C12H16F3N.ClH/c1-3-16-9(2)7-10-5-4-6-11(8-10)12(13,14)15;/h4-6,8-9,16H,3,7H2,1-2H3;1H/i1D3,2D3,3D2,7D2,9D;. The van der Waals surface area contributed by atoms with Crippen LogP contribution in [0.5, 0.6) is 0 Å². The Morgan fingerprint density at radius 1 is 1.53 bits per heavy atom. The number of rotatable bonds is 4. The first-order chi connectivity index (χ1) is 11.7. The van der Waals surface area contributed by atoms with Crippen LogP contribution in [-0.4, -0.2) is 12.5 Å². The van der Waals surface area contributed by atoms with Crippen molar-refractivity contribution in [1.82, 2.24) is 5.32 Å². The average molecular weight is 279 g/mol. The van der Waals surface area contributed by atoms with Crippen LogP contribution in [0.2, 0.25) is 0 Å². The van der Waals surface area contributed by atoms with Crippen molar-refractivity contribution < 1.29 is 28.2 Å². The maximum Gasteiger partial charge on any atom is 0.416 e. The number of alkyl halides is 3. The minimum Gasteiger partial charge on any atom is -0.314 e. The summed E-state index contributed by atoms with van der Waals surface area (Å²) in [6.07, 6.45) is -8.31. The highest BCUT2D eigenvalue weighted by atomic mass is 35.5. The molecule has 1 aromatic carbocycles. The molecule has 0 aliphatic rings. The number of hydrogen-bond donors (Lipinski definition) is 1. The molecule has 1 nitrogen and oxygen atoms in total. The van der Waals surface area contributed by atoms with Gasteiger partial charge in [-0.25, -0.2) is 0 Å². The lowest BCUT2D eigenvalue weighted by Gasteiger charge is -2.13. The highest BCUT2D eigenvalue weighted by Gasteiger charge is 2.30. The predicted molar refractivity (Wildman–Crippen MR) is 65.5 cm³/mol. The molecule has 0 aliphatic carbocycles. The molecule has 98 valence electrons. The van der Waals surface area contributed by atoms with Gasteiger partial charge in [0.25, 0.3) is 0 Å². The fourth-order valence-electron chi connectivity index (χ4n) is 1.01. The Hall–Kier alpha value is -0.740.